The zero-order valence-electron chi connectivity index (χ0n) is 14.9. The van der Waals surface area contributed by atoms with E-state index in [9.17, 15) is 4.79 Å². The van der Waals surface area contributed by atoms with Gasteiger partial charge in [0.2, 0.25) is 0 Å². The molecule has 0 unspecified atom stereocenters. The highest BCUT2D eigenvalue weighted by molar-refractivity contribution is 5.93. The molecule has 1 heteroatoms. The first-order valence-electron chi connectivity index (χ1n) is 9.17. The quantitative estimate of drug-likeness (QED) is 0.182. The van der Waals surface area contributed by atoms with Crippen molar-refractivity contribution in [2.75, 3.05) is 0 Å². The molecule has 0 bridgehead atoms. The van der Waals surface area contributed by atoms with Crippen molar-refractivity contribution in [2.24, 2.45) is 0 Å². The van der Waals surface area contributed by atoms with Gasteiger partial charge < -0.3 is 0 Å². The van der Waals surface area contributed by atoms with Crippen LogP contribution in [-0.4, -0.2) is 5.78 Å². The van der Waals surface area contributed by atoms with Crippen LogP contribution >= 0.6 is 0 Å². The summed E-state index contributed by atoms with van der Waals surface area (Å²) < 4.78 is 0. The minimum absolute atomic E-state index is 0.227. The van der Waals surface area contributed by atoms with Gasteiger partial charge in [0.25, 0.3) is 0 Å². The second-order valence-electron chi connectivity index (χ2n) is 6.18. The van der Waals surface area contributed by atoms with E-state index >= 15 is 0 Å². The Morgan fingerprint density at radius 2 is 1.36 bits per heavy atom. The van der Waals surface area contributed by atoms with Crippen molar-refractivity contribution in [3.63, 3.8) is 0 Å². The van der Waals surface area contributed by atoms with Gasteiger partial charge in [-0.25, -0.2) is 0 Å². The topological polar surface area (TPSA) is 17.1 Å². The molecular weight excluding hydrogens is 268 g/mol. The van der Waals surface area contributed by atoms with Crippen LogP contribution in [0.25, 0.3) is 0 Å². The summed E-state index contributed by atoms with van der Waals surface area (Å²) in [7, 11) is 0. The second kappa shape index (κ2) is 16.3. The van der Waals surface area contributed by atoms with Gasteiger partial charge >= 0.3 is 0 Å². The van der Waals surface area contributed by atoms with Crippen LogP contribution in [-0.2, 0) is 4.79 Å². The van der Waals surface area contributed by atoms with Gasteiger partial charge in [-0.15, -0.1) is 0 Å². The number of carbonyl (C=O) groups excluding carboxylic acids is 1. The summed E-state index contributed by atoms with van der Waals surface area (Å²) >= 11 is 0. The second-order valence-corrected chi connectivity index (χ2v) is 6.18. The van der Waals surface area contributed by atoms with E-state index in [-0.39, 0.29) is 5.78 Å². The van der Waals surface area contributed by atoms with Gasteiger partial charge in [0, 0.05) is 6.42 Å². The third-order valence-electron chi connectivity index (χ3n) is 3.83. The van der Waals surface area contributed by atoms with Crippen LogP contribution in [0, 0.1) is 0 Å². The zero-order chi connectivity index (χ0) is 16.5. The highest BCUT2D eigenvalue weighted by Crippen LogP contribution is 2.09. The lowest BCUT2D eigenvalue weighted by Crippen LogP contribution is -1.97. The van der Waals surface area contributed by atoms with E-state index in [0.29, 0.717) is 12.0 Å². The molecule has 0 aliphatic rings. The maximum Gasteiger partial charge on any atom is 0.157 e. The number of hydrogen-bond acceptors (Lipinski definition) is 1. The molecule has 0 aliphatic carbocycles. The van der Waals surface area contributed by atoms with Crippen LogP contribution in [0.4, 0.5) is 0 Å². The van der Waals surface area contributed by atoms with Gasteiger partial charge in [0.05, 0.1) is 0 Å². The van der Waals surface area contributed by atoms with Crippen molar-refractivity contribution in [2.45, 2.75) is 90.9 Å². The van der Waals surface area contributed by atoms with Gasteiger partial charge in [-0.2, -0.15) is 0 Å². The molecule has 0 aromatic rings. The van der Waals surface area contributed by atoms with Gasteiger partial charge in [0.15, 0.2) is 5.78 Å². The molecule has 0 fully saturated rings. The number of Topliss-reactive ketones (excluding diaryl/α,β-unsaturated/α-hetero) is 1. The average Bonchev–Trinajstić information content (AvgIpc) is 2.50. The molecule has 1 nitrogen and oxygen atoms in total. The average molecular weight is 305 g/mol. The summed E-state index contributed by atoms with van der Waals surface area (Å²) in [5, 5.41) is 0. The summed E-state index contributed by atoms with van der Waals surface area (Å²) in [5.41, 5.74) is 0.699. The molecule has 0 saturated carbocycles. The minimum Gasteiger partial charge on any atom is -0.295 e. The molecule has 0 rings (SSSR count). The lowest BCUT2D eigenvalue weighted by Gasteiger charge is -2.00. The van der Waals surface area contributed by atoms with Crippen LogP contribution in [0.15, 0.2) is 36.5 Å². The van der Waals surface area contributed by atoms with Gasteiger partial charge in [-0.3, -0.25) is 4.79 Å². The molecule has 0 aromatic carbocycles. The third kappa shape index (κ3) is 15.3. The first-order valence-corrected chi connectivity index (χ1v) is 9.17. The third-order valence-corrected chi connectivity index (χ3v) is 3.83. The van der Waals surface area contributed by atoms with E-state index in [0.717, 1.165) is 12.8 Å². The zero-order valence-corrected chi connectivity index (χ0v) is 14.9. The smallest absolute Gasteiger partial charge is 0.157 e. The number of carbonyl (C=O) groups is 1. The first kappa shape index (κ1) is 20.9. The summed E-state index contributed by atoms with van der Waals surface area (Å²) in [4.78, 5) is 11.4. The highest BCUT2D eigenvalue weighted by atomic mass is 16.1. The highest BCUT2D eigenvalue weighted by Gasteiger charge is 2.00. The fraction of sp³-hybridized carbons (Fsp3) is 0.667. The van der Waals surface area contributed by atoms with Crippen LogP contribution in [0.1, 0.15) is 90.9 Å². The SMILES string of the molecule is C=C(C)C(=O)CCCCCCC/C=C\C/C=C\CCCCC. The van der Waals surface area contributed by atoms with E-state index in [4.69, 9.17) is 0 Å². The summed E-state index contributed by atoms with van der Waals surface area (Å²) in [6.45, 7) is 7.73. The Morgan fingerprint density at radius 1 is 0.818 bits per heavy atom. The molecule has 0 N–H and O–H groups in total. The van der Waals surface area contributed by atoms with Gasteiger partial charge in [-0.1, -0.05) is 69.9 Å². The Hall–Kier alpha value is -1.11. The predicted octanol–water partition coefficient (Wildman–Crippen LogP) is 6.95. The minimum atomic E-state index is 0.227. The Labute approximate surface area is 138 Å². The van der Waals surface area contributed by atoms with Crippen molar-refractivity contribution < 1.29 is 4.79 Å². The Bertz CT molecular complexity index is 336. The summed E-state index contributed by atoms with van der Waals surface area (Å²) in [6, 6.07) is 0. The molecule has 0 radical (unpaired) electrons. The lowest BCUT2D eigenvalue weighted by molar-refractivity contribution is -0.115. The van der Waals surface area contributed by atoms with E-state index in [1.54, 1.807) is 6.92 Å². The molecule has 0 atom stereocenters. The fourth-order valence-electron chi connectivity index (χ4n) is 2.31. The number of rotatable bonds is 15. The van der Waals surface area contributed by atoms with Crippen molar-refractivity contribution >= 4 is 5.78 Å². The van der Waals surface area contributed by atoms with E-state index in [2.05, 4.69) is 37.8 Å². The first-order chi connectivity index (χ1) is 10.7. The van der Waals surface area contributed by atoms with Crippen molar-refractivity contribution in [3.05, 3.63) is 36.5 Å². The Morgan fingerprint density at radius 3 is 1.95 bits per heavy atom. The van der Waals surface area contributed by atoms with E-state index < -0.39 is 0 Å². The van der Waals surface area contributed by atoms with E-state index in [1.165, 1.54) is 57.8 Å². The largest absolute Gasteiger partial charge is 0.295 e. The number of ketones is 1. The van der Waals surface area contributed by atoms with Gasteiger partial charge in [0.1, 0.15) is 0 Å². The molecule has 0 aliphatic heterocycles. The van der Waals surface area contributed by atoms with Crippen molar-refractivity contribution in [3.8, 4) is 0 Å². The normalized spacial score (nSPS) is 11.5. The van der Waals surface area contributed by atoms with Crippen molar-refractivity contribution in [1.82, 2.24) is 0 Å². The van der Waals surface area contributed by atoms with Crippen molar-refractivity contribution in [1.29, 1.82) is 0 Å². The van der Waals surface area contributed by atoms with Crippen LogP contribution in [0.3, 0.4) is 0 Å². The van der Waals surface area contributed by atoms with Crippen LogP contribution in [0.2, 0.25) is 0 Å². The van der Waals surface area contributed by atoms with Crippen LogP contribution in [0.5, 0.6) is 0 Å². The molecule has 0 aromatic heterocycles. The molecule has 0 heterocycles. The summed E-state index contributed by atoms with van der Waals surface area (Å²) in [6.07, 6.45) is 23.3. The maximum atomic E-state index is 11.4. The Kier molecular flexibility index (Phi) is 15.4. The van der Waals surface area contributed by atoms with E-state index in [1.807, 2.05) is 0 Å². The lowest BCUT2D eigenvalue weighted by atomic mass is 10.0. The predicted molar refractivity (Wildman–Crippen MR) is 99.2 cm³/mol. The van der Waals surface area contributed by atoms with Gasteiger partial charge in [-0.05, 0) is 51.0 Å². The fourth-order valence-corrected chi connectivity index (χ4v) is 2.31. The molecule has 0 amide bonds. The molecule has 0 saturated heterocycles. The standard InChI is InChI=1S/C21H36O/c1-4-5-6-7-8-9-10-11-12-13-14-15-16-17-18-19-21(22)20(2)3/h8-9,11-12H,2,4-7,10,13-19H2,1,3H3/b9-8-,12-11-. The molecule has 22 heavy (non-hydrogen) atoms. The molecule has 0 spiro atoms. The monoisotopic (exact) mass is 304 g/mol. The number of allylic oxidation sites excluding steroid dienone is 5. The Balaban J connectivity index is 3.27. The molecule has 126 valence electrons. The summed E-state index contributed by atoms with van der Waals surface area (Å²) in [5.74, 6) is 0.227. The number of unbranched alkanes of at least 4 members (excludes halogenated alkanes) is 8. The number of hydrogen-bond donors (Lipinski definition) is 0. The van der Waals surface area contributed by atoms with Crippen LogP contribution < -0.4 is 0 Å². The molecular formula is C21H36O. The maximum absolute atomic E-state index is 11.4.